The van der Waals surface area contributed by atoms with Crippen molar-refractivity contribution >= 4 is 8.07 Å². The number of hydrogen-bond acceptors (Lipinski definition) is 2. The fourth-order valence-corrected chi connectivity index (χ4v) is 8.56. The first-order valence-corrected chi connectivity index (χ1v) is 15.3. The smallest absolute Gasteiger partial charge is 0.119 e. The van der Waals surface area contributed by atoms with Gasteiger partial charge >= 0.3 is 0 Å². The number of aliphatic hydroxyl groups excluding tert-OH is 1. The van der Waals surface area contributed by atoms with Crippen molar-refractivity contribution in [2.45, 2.75) is 82.5 Å². The van der Waals surface area contributed by atoms with Gasteiger partial charge in [-0.05, 0) is 53.1 Å². The van der Waals surface area contributed by atoms with Gasteiger partial charge < -0.3 is 9.84 Å². The van der Waals surface area contributed by atoms with E-state index in [1.807, 2.05) is 12.1 Å². The molecular formula is C27H40O2Si. The Kier molecular flexibility index (Phi) is 8.58. The van der Waals surface area contributed by atoms with Gasteiger partial charge in [0.25, 0.3) is 0 Å². The summed E-state index contributed by atoms with van der Waals surface area (Å²) >= 11 is 0. The number of ether oxygens (including phenoxy) is 1. The zero-order valence-corrected chi connectivity index (χ0v) is 20.2. The molecule has 0 saturated heterocycles. The average molecular weight is 425 g/mol. The van der Waals surface area contributed by atoms with Gasteiger partial charge in [-0.25, -0.2) is 0 Å². The van der Waals surface area contributed by atoms with E-state index in [1.54, 1.807) is 0 Å². The quantitative estimate of drug-likeness (QED) is 0.313. The SMILES string of the molecule is CCCC[Si](C)(C)C1CCC(c2ccc(-c3ccc(OCCCO)cc3)cc2)CC1. The number of hydrogen-bond donors (Lipinski definition) is 1. The van der Waals surface area contributed by atoms with Gasteiger partial charge in [-0.3, -0.25) is 0 Å². The summed E-state index contributed by atoms with van der Waals surface area (Å²) in [7, 11) is -1.05. The van der Waals surface area contributed by atoms with Crippen molar-refractivity contribution < 1.29 is 9.84 Å². The van der Waals surface area contributed by atoms with Gasteiger partial charge in [-0.1, -0.05) is 88.1 Å². The Hall–Kier alpha value is -1.58. The van der Waals surface area contributed by atoms with Crippen LogP contribution in [0.25, 0.3) is 11.1 Å². The first-order chi connectivity index (χ1) is 14.5. The van der Waals surface area contributed by atoms with Crippen molar-refractivity contribution in [3.63, 3.8) is 0 Å². The molecule has 0 unspecified atom stereocenters. The molecule has 1 N–H and O–H groups in total. The fraction of sp³-hybridized carbons (Fsp3) is 0.556. The average Bonchev–Trinajstić information content (AvgIpc) is 2.79. The Morgan fingerprint density at radius 2 is 1.47 bits per heavy atom. The molecule has 2 aromatic carbocycles. The number of rotatable bonds is 10. The molecule has 1 aliphatic carbocycles. The summed E-state index contributed by atoms with van der Waals surface area (Å²) in [6, 6.07) is 19.1. The van der Waals surface area contributed by atoms with Crippen molar-refractivity contribution in [3.8, 4) is 16.9 Å². The third-order valence-corrected chi connectivity index (χ3v) is 11.6. The molecular weight excluding hydrogens is 384 g/mol. The summed E-state index contributed by atoms with van der Waals surface area (Å²) in [6.45, 7) is 8.32. The molecule has 1 aliphatic rings. The second-order valence-electron chi connectivity index (χ2n) is 9.71. The van der Waals surface area contributed by atoms with Crippen molar-refractivity contribution in [2.24, 2.45) is 0 Å². The zero-order valence-electron chi connectivity index (χ0n) is 19.2. The topological polar surface area (TPSA) is 29.5 Å². The van der Waals surface area contributed by atoms with Crippen LogP contribution in [-0.2, 0) is 0 Å². The molecule has 164 valence electrons. The van der Waals surface area contributed by atoms with Crippen LogP contribution in [0.5, 0.6) is 5.75 Å². The molecule has 0 aliphatic heterocycles. The molecule has 0 aromatic heterocycles. The molecule has 30 heavy (non-hydrogen) atoms. The minimum atomic E-state index is -1.05. The van der Waals surface area contributed by atoms with Crippen LogP contribution >= 0.6 is 0 Å². The van der Waals surface area contributed by atoms with E-state index in [0.717, 1.165) is 17.2 Å². The molecule has 3 heteroatoms. The second kappa shape index (κ2) is 11.2. The highest BCUT2D eigenvalue weighted by Gasteiger charge is 2.34. The summed E-state index contributed by atoms with van der Waals surface area (Å²) in [5.41, 5.74) is 5.04. The molecule has 2 aromatic rings. The van der Waals surface area contributed by atoms with E-state index >= 15 is 0 Å². The summed E-state index contributed by atoms with van der Waals surface area (Å²) in [5, 5.41) is 8.85. The Labute approximate surface area is 184 Å². The van der Waals surface area contributed by atoms with Gasteiger partial charge in [-0.15, -0.1) is 0 Å². The van der Waals surface area contributed by atoms with Crippen LogP contribution in [0.15, 0.2) is 48.5 Å². The number of aliphatic hydroxyl groups is 1. The van der Waals surface area contributed by atoms with Crippen LogP contribution < -0.4 is 4.74 Å². The lowest BCUT2D eigenvalue weighted by molar-refractivity contribution is 0.233. The highest BCUT2D eigenvalue weighted by atomic mass is 28.3. The molecule has 0 atom stereocenters. The summed E-state index contributed by atoms with van der Waals surface area (Å²) in [5.74, 6) is 1.61. The maximum Gasteiger partial charge on any atom is 0.119 e. The monoisotopic (exact) mass is 424 g/mol. The van der Waals surface area contributed by atoms with Crippen molar-refractivity contribution in [1.29, 1.82) is 0 Å². The van der Waals surface area contributed by atoms with Crippen LogP contribution in [-0.4, -0.2) is 26.4 Å². The van der Waals surface area contributed by atoms with E-state index in [4.69, 9.17) is 9.84 Å². The molecule has 0 amide bonds. The standard InChI is InChI=1S/C27H40O2Si/c1-4-5-21-30(2,3)27-17-13-25(14-18-27)23-9-7-22(8-10-23)24-11-15-26(16-12-24)29-20-6-19-28/h7-12,15-16,25,27-28H,4-6,13-14,17-21H2,1-3H3. The van der Waals surface area contributed by atoms with Gasteiger partial charge in [0.1, 0.15) is 5.75 Å². The molecule has 0 radical (unpaired) electrons. The van der Waals surface area contributed by atoms with Crippen LogP contribution in [0.1, 0.15) is 63.4 Å². The first-order valence-electron chi connectivity index (χ1n) is 12.0. The fourth-order valence-electron chi connectivity index (χ4n) is 4.99. The molecule has 3 rings (SSSR count). The van der Waals surface area contributed by atoms with E-state index in [1.165, 1.54) is 61.3 Å². The number of benzene rings is 2. The third-order valence-electron chi connectivity index (χ3n) is 7.15. The molecule has 0 bridgehead atoms. The van der Waals surface area contributed by atoms with Gasteiger partial charge in [0.05, 0.1) is 14.7 Å². The lowest BCUT2D eigenvalue weighted by Gasteiger charge is -2.38. The van der Waals surface area contributed by atoms with Crippen LogP contribution in [0.4, 0.5) is 0 Å². The van der Waals surface area contributed by atoms with E-state index in [-0.39, 0.29) is 6.61 Å². The van der Waals surface area contributed by atoms with Gasteiger partial charge in [0.2, 0.25) is 0 Å². The summed E-state index contributed by atoms with van der Waals surface area (Å²) < 4.78 is 5.63. The Morgan fingerprint density at radius 1 is 0.867 bits per heavy atom. The molecule has 2 nitrogen and oxygen atoms in total. The number of unbranched alkanes of at least 4 members (excludes halogenated alkanes) is 1. The lowest BCUT2D eigenvalue weighted by atomic mass is 9.83. The van der Waals surface area contributed by atoms with Gasteiger partial charge in [0, 0.05) is 13.0 Å². The van der Waals surface area contributed by atoms with Gasteiger partial charge in [-0.2, -0.15) is 0 Å². The van der Waals surface area contributed by atoms with E-state index < -0.39 is 8.07 Å². The van der Waals surface area contributed by atoms with Crippen molar-refractivity contribution in [2.75, 3.05) is 13.2 Å². The molecule has 1 fully saturated rings. The van der Waals surface area contributed by atoms with E-state index in [9.17, 15) is 0 Å². The highest BCUT2D eigenvalue weighted by Crippen LogP contribution is 2.45. The normalized spacial score (nSPS) is 19.6. The lowest BCUT2D eigenvalue weighted by Crippen LogP contribution is -2.34. The second-order valence-corrected chi connectivity index (χ2v) is 15.0. The van der Waals surface area contributed by atoms with Crippen molar-refractivity contribution in [3.05, 3.63) is 54.1 Å². The maximum absolute atomic E-state index is 8.85. The molecule has 0 heterocycles. The van der Waals surface area contributed by atoms with Crippen LogP contribution in [0.3, 0.4) is 0 Å². The largest absolute Gasteiger partial charge is 0.494 e. The summed E-state index contributed by atoms with van der Waals surface area (Å²) in [6.07, 6.45) is 9.05. The van der Waals surface area contributed by atoms with E-state index in [0.29, 0.717) is 13.0 Å². The van der Waals surface area contributed by atoms with E-state index in [2.05, 4.69) is 56.4 Å². The first kappa shape index (κ1) is 23.1. The Bertz CT molecular complexity index is 743. The molecule has 1 saturated carbocycles. The molecule has 0 spiro atoms. The Morgan fingerprint density at radius 3 is 2.03 bits per heavy atom. The van der Waals surface area contributed by atoms with Crippen molar-refractivity contribution in [1.82, 2.24) is 0 Å². The minimum absolute atomic E-state index is 0.171. The Balaban J connectivity index is 1.55. The predicted octanol–water partition coefficient (Wildman–Crippen LogP) is 7.65. The van der Waals surface area contributed by atoms with Gasteiger partial charge in [0.15, 0.2) is 0 Å². The third kappa shape index (κ3) is 6.21. The zero-order chi connectivity index (χ0) is 21.4. The predicted molar refractivity (Wildman–Crippen MR) is 131 cm³/mol. The van der Waals surface area contributed by atoms with Crippen LogP contribution in [0, 0.1) is 0 Å². The summed E-state index contributed by atoms with van der Waals surface area (Å²) in [4.78, 5) is 0. The maximum atomic E-state index is 8.85. The highest BCUT2D eigenvalue weighted by molar-refractivity contribution is 6.78. The van der Waals surface area contributed by atoms with Crippen LogP contribution in [0.2, 0.25) is 24.7 Å². The minimum Gasteiger partial charge on any atom is -0.494 e.